The van der Waals surface area contributed by atoms with Gasteiger partial charge in [-0.15, -0.1) is 0 Å². The largest absolute Gasteiger partial charge is 0.481 e. The number of likely N-dealkylation sites (N-methyl/N-ethyl adjacent to an activating group) is 1. The van der Waals surface area contributed by atoms with Crippen LogP contribution in [0.2, 0.25) is 0 Å². The molecule has 0 amide bonds. The Balaban J connectivity index is 3.90. The zero-order valence-corrected chi connectivity index (χ0v) is 10.3. The Bertz CT molecular complexity index is 304. The van der Waals surface area contributed by atoms with E-state index in [4.69, 9.17) is 9.84 Å². The van der Waals surface area contributed by atoms with E-state index in [1.807, 2.05) is 0 Å². The molecule has 0 radical (unpaired) electrons. The molecule has 0 bridgehead atoms. The fourth-order valence-corrected chi connectivity index (χ4v) is 1.83. The summed E-state index contributed by atoms with van der Waals surface area (Å²) in [4.78, 5) is 10.2. The maximum atomic E-state index is 11.5. The van der Waals surface area contributed by atoms with Crippen molar-refractivity contribution in [3.05, 3.63) is 0 Å². The zero-order chi connectivity index (χ0) is 12.6. The molecule has 0 atom stereocenters. The van der Waals surface area contributed by atoms with Gasteiger partial charge in [0.1, 0.15) is 0 Å². The molecule has 0 saturated carbocycles. The minimum absolute atomic E-state index is 0.0513. The van der Waals surface area contributed by atoms with Gasteiger partial charge in [-0.3, -0.25) is 4.79 Å². The van der Waals surface area contributed by atoms with Crippen LogP contribution in [0.4, 0.5) is 0 Å². The lowest BCUT2D eigenvalue weighted by atomic mass is 10.3. The fourth-order valence-electron chi connectivity index (χ4n) is 0.891. The Hall–Kier alpha value is -0.700. The lowest BCUT2D eigenvalue weighted by molar-refractivity contribution is -0.137. The van der Waals surface area contributed by atoms with Crippen molar-refractivity contribution in [2.75, 3.05) is 33.9 Å². The van der Waals surface area contributed by atoms with Crippen molar-refractivity contribution < 1.29 is 23.1 Å². The Morgan fingerprint density at radius 1 is 1.50 bits per heavy atom. The molecule has 0 aromatic heterocycles. The van der Waals surface area contributed by atoms with E-state index in [0.29, 0.717) is 6.61 Å². The van der Waals surface area contributed by atoms with E-state index in [-0.39, 0.29) is 25.9 Å². The van der Waals surface area contributed by atoms with E-state index in [9.17, 15) is 13.2 Å². The van der Waals surface area contributed by atoms with Crippen LogP contribution in [0.15, 0.2) is 0 Å². The number of carboxylic acids is 1. The molecule has 0 aliphatic rings. The van der Waals surface area contributed by atoms with E-state index in [1.54, 1.807) is 0 Å². The second kappa shape index (κ2) is 7.55. The number of carbonyl (C=O) groups is 1. The van der Waals surface area contributed by atoms with Crippen molar-refractivity contribution in [3.63, 3.8) is 0 Å². The van der Waals surface area contributed by atoms with Gasteiger partial charge in [0.15, 0.2) is 0 Å². The van der Waals surface area contributed by atoms with Gasteiger partial charge in [-0.2, -0.15) is 12.7 Å². The lowest BCUT2D eigenvalue weighted by Gasteiger charge is -2.16. The van der Waals surface area contributed by atoms with Crippen molar-refractivity contribution in [1.82, 2.24) is 9.03 Å². The van der Waals surface area contributed by atoms with Gasteiger partial charge in [0.2, 0.25) is 0 Å². The van der Waals surface area contributed by atoms with Gasteiger partial charge in [0.25, 0.3) is 10.2 Å². The number of hydrogen-bond donors (Lipinski definition) is 2. The minimum Gasteiger partial charge on any atom is -0.481 e. The summed E-state index contributed by atoms with van der Waals surface area (Å²) in [6.45, 7) is 0.684. The highest BCUT2D eigenvalue weighted by atomic mass is 32.2. The molecule has 2 N–H and O–H groups in total. The second-order valence-electron chi connectivity index (χ2n) is 3.21. The molecule has 0 unspecified atom stereocenters. The predicted molar refractivity (Wildman–Crippen MR) is 58.3 cm³/mol. The third-order valence-corrected chi connectivity index (χ3v) is 3.44. The van der Waals surface area contributed by atoms with Crippen molar-refractivity contribution in [3.8, 4) is 0 Å². The smallest absolute Gasteiger partial charge is 0.303 e. The summed E-state index contributed by atoms with van der Waals surface area (Å²) in [7, 11) is -0.604. The van der Waals surface area contributed by atoms with Crippen LogP contribution in [-0.2, 0) is 19.7 Å². The maximum Gasteiger partial charge on any atom is 0.303 e. The van der Waals surface area contributed by atoms with E-state index in [2.05, 4.69) is 4.72 Å². The van der Waals surface area contributed by atoms with Crippen LogP contribution in [0.5, 0.6) is 0 Å². The average molecular weight is 254 g/mol. The summed E-state index contributed by atoms with van der Waals surface area (Å²) in [6, 6.07) is 0. The number of aliphatic carboxylic acids is 1. The number of carboxylic acid groups (broad SMARTS) is 1. The first-order valence-electron chi connectivity index (χ1n) is 4.82. The first-order valence-corrected chi connectivity index (χ1v) is 6.26. The van der Waals surface area contributed by atoms with E-state index < -0.39 is 16.2 Å². The molecule has 96 valence electrons. The quantitative estimate of drug-likeness (QED) is 0.528. The SMILES string of the molecule is COCCN(C)S(=O)(=O)NCCCC(=O)O. The first-order chi connectivity index (χ1) is 7.40. The standard InChI is InChI=1S/C8H18N2O5S/c1-10(6-7-15-2)16(13,14)9-5-3-4-8(11)12/h9H,3-7H2,1-2H3,(H,11,12). The van der Waals surface area contributed by atoms with Gasteiger partial charge in [-0.1, -0.05) is 0 Å². The summed E-state index contributed by atoms with van der Waals surface area (Å²) in [5.41, 5.74) is 0. The van der Waals surface area contributed by atoms with Crippen LogP contribution < -0.4 is 4.72 Å². The van der Waals surface area contributed by atoms with Crippen LogP contribution >= 0.6 is 0 Å². The van der Waals surface area contributed by atoms with Crippen LogP contribution in [0.1, 0.15) is 12.8 Å². The van der Waals surface area contributed by atoms with Crippen molar-refractivity contribution in [2.45, 2.75) is 12.8 Å². The van der Waals surface area contributed by atoms with Gasteiger partial charge in [0.05, 0.1) is 6.61 Å². The van der Waals surface area contributed by atoms with Gasteiger partial charge in [-0.25, -0.2) is 4.72 Å². The van der Waals surface area contributed by atoms with E-state index >= 15 is 0 Å². The summed E-state index contributed by atoms with van der Waals surface area (Å²) in [5.74, 6) is -0.938. The Kier molecular flexibility index (Phi) is 7.22. The molecule has 8 heteroatoms. The molecule has 0 aromatic carbocycles. The summed E-state index contributed by atoms with van der Waals surface area (Å²) >= 11 is 0. The monoisotopic (exact) mass is 254 g/mol. The lowest BCUT2D eigenvalue weighted by Crippen LogP contribution is -2.40. The number of nitrogens with one attached hydrogen (secondary N) is 1. The van der Waals surface area contributed by atoms with Gasteiger partial charge in [0, 0.05) is 33.7 Å². The number of ether oxygens (including phenoxy) is 1. The molecular formula is C8H18N2O5S. The van der Waals surface area contributed by atoms with Crippen molar-refractivity contribution >= 4 is 16.2 Å². The Morgan fingerprint density at radius 3 is 2.62 bits per heavy atom. The molecule has 0 aliphatic carbocycles. The molecule has 7 nitrogen and oxygen atoms in total. The molecule has 0 saturated heterocycles. The summed E-state index contributed by atoms with van der Waals surface area (Å²) in [5, 5.41) is 8.36. The predicted octanol–water partition coefficient (Wildman–Crippen LogP) is -0.736. The van der Waals surface area contributed by atoms with Gasteiger partial charge < -0.3 is 9.84 Å². The Labute approximate surface area is 95.6 Å². The highest BCUT2D eigenvalue weighted by Crippen LogP contribution is 1.95. The van der Waals surface area contributed by atoms with Gasteiger partial charge >= 0.3 is 5.97 Å². The first kappa shape index (κ1) is 15.3. The third kappa shape index (κ3) is 6.72. The number of rotatable bonds is 9. The third-order valence-electron chi connectivity index (χ3n) is 1.87. The highest BCUT2D eigenvalue weighted by Gasteiger charge is 2.15. The summed E-state index contributed by atoms with van der Waals surface area (Å²) in [6.07, 6.45) is 0.219. The second-order valence-corrected chi connectivity index (χ2v) is 5.07. The number of hydrogen-bond acceptors (Lipinski definition) is 4. The van der Waals surface area contributed by atoms with Crippen LogP contribution in [0, 0.1) is 0 Å². The van der Waals surface area contributed by atoms with E-state index in [0.717, 1.165) is 4.31 Å². The van der Waals surface area contributed by atoms with Crippen LogP contribution in [0.3, 0.4) is 0 Å². The van der Waals surface area contributed by atoms with E-state index in [1.165, 1.54) is 14.2 Å². The molecule has 0 rings (SSSR count). The number of methoxy groups -OCH3 is 1. The molecule has 0 aromatic rings. The molecule has 0 spiro atoms. The summed E-state index contributed by atoms with van der Waals surface area (Å²) < 4.78 is 31.2. The molecule has 16 heavy (non-hydrogen) atoms. The molecule has 0 heterocycles. The molecule has 0 fully saturated rings. The average Bonchev–Trinajstić information content (AvgIpc) is 2.20. The van der Waals surface area contributed by atoms with Crippen molar-refractivity contribution in [2.24, 2.45) is 0 Å². The Morgan fingerprint density at radius 2 is 2.12 bits per heavy atom. The zero-order valence-electron chi connectivity index (χ0n) is 9.47. The topological polar surface area (TPSA) is 95.9 Å². The van der Waals surface area contributed by atoms with Crippen LogP contribution in [-0.4, -0.2) is 57.7 Å². The van der Waals surface area contributed by atoms with Crippen LogP contribution in [0.25, 0.3) is 0 Å². The minimum atomic E-state index is -3.52. The maximum absolute atomic E-state index is 11.5. The van der Waals surface area contributed by atoms with Crippen molar-refractivity contribution in [1.29, 1.82) is 0 Å². The fraction of sp³-hybridized carbons (Fsp3) is 0.875. The highest BCUT2D eigenvalue weighted by molar-refractivity contribution is 7.87. The van der Waals surface area contributed by atoms with Gasteiger partial charge in [-0.05, 0) is 6.42 Å². The molecule has 0 aliphatic heterocycles. The molecular weight excluding hydrogens is 236 g/mol. The normalized spacial score (nSPS) is 11.9. The number of nitrogens with zero attached hydrogens (tertiary/aromatic N) is 1.